The molecule has 0 saturated heterocycles. The summed E-state index contributed by atoms with van der Waals surface area (Å²) in [5.41, 5.74) is 0.468. The Morgan fingerprint density at radius 2 is 2.12 bits per heavy atom. The Morgan fingerprint density at radius 1 is 1.38 bits per heavy atom. The lowest BCUT2D eigenvalue weighted by molar-refractivity contribution is -0.384. The van der Waals surface area contributed by atoms with Crippen LogP contribution in [0.25, 0.3) is 0 Å². The molecule has 1 amide bonds. The van der Waals surface area contributed by atoms with Gasteiger partial charge in [-0.3, -0.25) is 14.9 Å². The van der Waals surface area contributed by atoms with Crippen molar-refractivity contribution in [2.24, 2.45) is 0 Å². The minimum atomic E-state index is -0.467. The number of aromatic nitrogens is 2. The number of halogens is 1. The Hall–Kier alpha value is -2.39. The number of hydrogen-bond donors (Lipinski definition) is 2. The van der Waals surface area contributed by atoms with E-state index in [1.54, 1.807) is 24.5 Å². The van der Waals surface area contributed by atoms with Crippen molar-refractivity contribution in [1.82, 2.24) is 15.3 Å². The van der Waals surface area contributed by atoms with Crippen LogP contribution in [0.15, 0.2) is 35.6 Å². The Labute approximate surface area is 147 Å². The standard InChI is InChI=1S/C14H14ClN5O3S/c1-24-14-18-8-9(15)12(19-14)13(21)17-7-6-16-10-4-2-3-5-11(10)20(22)23/h2-5,8,16H,6-7H2,1H3,(H,17,21). The van der Waals surface area contributed by atoms with Crippen molar-refractivity contribution in [2.45, 2.75) is 5.16 Å². The van der Waals surface area contributed by atoms with Gasteiger partial charge in [-0.15, -0.1) is 0 Å². The zero-order valence-electron chi connectivity index (χ0n) is 12.7. The summed E-state index contributed by atoms with van der Waals surface area (Å²) >= 11 is 7.23. The van der Waals surface area contributed by atoms with Crippen molar-refractivity contribution >= 4 is 40.6 Å². The van der Waals surface area contributed by atoms with Crippen LogP contribution in [0, 0.1) is 10.1 Å². The van der Waals surface area contributed by atoms with Crippen LogP contribution < -0.4 is 10.6 Å². The summed E-state index contributed by atoms with van der Waals surface area (Å²) in [6.07, 6.45) is 3.17. The average Bonchev–Trinajstić information content (AvgIpc) is 2.59. The summed E-state index contributed by atoms with van der Waals surface area (Å²) in [5.74, 6) is -0.429. The normalized spacial score (nSPS) is 10.2. The summed E-state index contributed by atoms with van der Waals surface area (Å²) in [5, 5.41) is 17.1. The van der Waals surface area contributed by atoms with Crippen LogP contribution in [0.5, 0.6) is 0 Å². The van der Waals surface area contributed by atoms with Gasteiger partial charge in [0.25, 0.3) is 11.6 Å². The Morgan fingerprint density at radius 3 is 2.83 bits per heavy atom. The monoisotopic (exact) mass is 367 g/mol. The first-order valence-corrected chi connectivity index (χ1v) is 8.45. The van der Waals surface area contributed by atoms with E-state index in [1.807, 2.05) is 0 Å². The van der Waals surface area contributed by atoms with Crippen molar-refractivity contribution in [2.75, 3.05) is 24.7 Å². The van der Waals surface area contributed by atoms with Crippen molar-refractivity contribution in [3.05, 3.63) is 51.3 Å². The number of nitro benzene ring substituents is 1. The van der Waals surface area contributed by atoms with Gasteiger partial charge >= 0.3 is 0 Å². The van der Waals surface area contributed by atoms with Crippen LogP contribution in [0.1, 0.15) is 10.5 Å². The number of thioether (sulfide) groups is 1. The second-order valence-corrected chi connectivity index (χ2v) is 5.69. The first-order chi connectivity index (χ1) is 11.5. The number of carbonyl (C=O) groups is 1. The molecule has 2 aromatic rings. The van der Waals surface area contributed by atoms with Crippen LogP contribution in [0.2, 0.25) is 5.02 Å². The van der Waals surface area contributed by atoms with Gasteiger partial charge in [-0.1, -0.05) is 35.5 Å². The second-order valence-electron chi connectivity index (χ2n) is 4.51. The van der Waals surface area contributed by atoms with Gasteiger partial charge in [0.05, 0.1) is 16.1 Å². The van der Waals surface area contributed by atoms with Crippen molar-refractivity contribution in [1.29, 1.82) is 0 Å². The van der Waals surface area contributed by atoms with E-state index in [2.05, 4.69) is 20.6 Å². The molecule has 0 aliphatic rings. The van der Waals surface area contributed by atoms with E-state index >= 15 is 0 Å². The minimum absolute atomic E-state index is 0.0210. The summed E-state index contributed by atoms with van der Waals surface area (Å²) in [4.78, 5) is 30.6. The lowest BCUT2D eigenvalue weighted by Crippen LogP contribution is -2.30. The zero-order chi connectivity index (χ0) is 17.5. The summed E-state index contributed by atoms with van der Waals surface area (Å²) in [7, 11) is 0. The molecule has 126 valence electrons. The molecule has 0 saturated carbocycles. The number of benzene rings is 1. The molecule has 1 aromatic heterocycles. The van der Waals surface area contributed by atoms with Gasteiger partial charge in [0, 0.05) is 19.2 Å². The quantitative estimate of drug-likeness (QED) is 0.254. The minimum Gasteiger partial charge on any atom is -0.378 e. The molecule has 0 aliphatic heterocycles. The fourth-order valence-electron chi connectivity index (χ4n) is 1.85. The third kappa shape index (κ3) is 4.56. The van der Waals surface area contributed by atoms with Gasteiger partial charge in [-0.25, -0.2) is 9.97 Å². The first kappa shape index (κ1) is 18.0. The fraction of sp³-hybridized carbons (Fsp3) is 0.214. The number of anilines is 1. The molecule has 1 aromatic carbocycles. The maximum atomic E-state index is 12.1. The van der Waals surface area contributed by atoms with Gasteiger partial charge in [0.15, 0.2) is 10.9 Å². The predicted molar refractivity (Wildman–Crippen MR) is 92.7 cm³/mol. The van der Waals surface area contributed by atoms with Crippen LogP contribution >= 0.6 is 23.4 Å². The third-order valence-corrected chi connectivity index (χ3v) is 3.78. The number of nitro groups is 1. The highest BCUT2D eigenvalue weighted by Crippen LogP contribution is 2.22. The Bertz CT molecular complexity index is 759. The SMILES string of the molecule is CSc1ncc(Cl)c(C(=O)NCCNc2ccccc2[N+](=O)[O-])n1. The molecule has 0 atom stereocenters. The molecule has 0 radical (unpaired) electrons. The molecule has 8 nitrogen and oxygen atoms in total. The van der Waals surface area contributed by atoms with E-state index in [4.69, 9.17) is 11.6 Å². The second kappa shape index (κ2) is 8.46. The molecule has 0 bridgehead atoms. The zero-order valence-corrected chi connectivity index (χ0v) is 14.2. The molecular formula is C14H14ClN5O3S. The number of hydrogen-bond acceptors (Lipinski definition) is 7. The molecule has 24 heavy (non-hydrogen) atoms. The summed E-state index contributed by atoms with van der Waals surface area (Å²) < 4.78 is 0. The van der Waals surface area contributed by atoms with Crippen LogP contribution in [-0.4, -0.2) is 40.1 Å². The van der Waals surface area contributed by atoms with Gasteiger partial charge in [-0.2, -0.15) is 0 Å². The molecular weight excluding hydrogens is 354 g/mol. The highest BCUT2D eigenvalue weighted by atomic mass is 35.5. The smallest absolute Gasteiger partial charge is 0.292 e. The maximum absolute atomic E-state index is 12.1. The highest BCUT2D eigenvalue weighted by molar-refractivity contribution is 7.98. The van der Waals surface area contributed by atoms with Crippen LogP contribution in [0.3, 0.4) is 0 Å². The van der Waals surface area contributed by atoms with E-state index in [1.165, 1.54) is 24.0 Å². The van der Waals surface area contributed by atoms with Crippen molar-refractivity contribution < 1.29 is 9.72 Å². The van der Waals surface area contributed by atoms with E-state index < -0.39 is 10.8 Å². The lowest BCUT2D eigenvalue weighted by Gasteiger charge is -2.09. The number of para-hydroxylation sites is 2. The van der Waals surface area contributed by atoms with Gasteiger partial charge in [0.1, 0.15) is 5.69 Å². The average molecular weight is 368 g/mol. The fourth-order valence-corrected chi connectivity index (χ4v) is 2.37. The number of nitrogens with zero attached hydrogens (tertiary/aromatic N) is 3. The summed E-state index contributed by atoms with van der Waals surface area (Å²) in [6, 6.07) is 6.29. The van der Waals surface area contributed by atoms with Crippen molar-refractivity contribution in [3.8, 4) is 0 Å². The lowest BCUT2D eigenvalue weighted by atomic mass is 10.2. The van der Waals surface area contributed by atoms with Gasteiger partial charge in [0.2, 0.25) is 0 Å². The number of nitrogens with one attached hydrogen (secondary N) is 2. The number of carbonyl (C=O) groups excluding carboxylic acids is 1. The van der Waals surface area contributed by atoms with E-state index in [0.717, 1.165) is 0 Å². The molecule has 2 rings (SSSR count). The predicted octanol–water partition coefficient (Wildman–Crippen LogP) is 2.60. The Kier molecular flexibility index (Phi) is 6.33. The van der Waals surface area contributed by atoms with Crippen LogP contribution in [0.4, 0.5) is 11.4 Å². The largest absolute Gasteiger partial charge is 0.378 e. The van der Waals surface area contributed by atoms with Crippen LogP contribution in [-0.2, 0) is 0 Å². The van der Waals surface area contributed by atoms with E-state index in [9.17, 15) is 14.9 Å². The first-order valence-electron chi connectivity index (χ1n) is 6.85. The molecule has 2 N–H and O–H groups in total. The molecule has 0 spiro atoms. The van der Waals surface area contributed by atoms with Gasteiger partial charge in [-0.05, 0) is 12.3 Å². The van der Waals surface area contributed by atoms with E-state index in [0.29, 0.717) is 17.4 Å². The van der Waals surface area contributed by atoms with E-state index in [-0.39, 0.29) is 22.9 Å². The molecule has 1 heterocycles. The molecule has 0 aliphatic carbocycles. The number of rotatable bonds is 7. The number of amides is 1. The van der Waals surface area contributed by atoms with Crippen molar-refractivity contribution in [3.63, 3.8) is 0 Å². The molecule has 0 unspecified atom stereocenters. The molecule has 10 heteroatoms. The third-order valence-electron chi connectivity index (χ3n) is 2.95. The Balaban J connectivity index is 1.91. The topological polar surface area (TPSA) is 110 Å². The summed E-state index contributed by atoms with van der Waals surface area (Å²) in [6.45, 7) is 0.564. The highest BCUT2D eigenvalue weighted by Gasteiger charge is 2.14. The van der Waals surface area contributed by atoms with Gasteiger partial charge < -0.3 is 10.6 Å². The molecule has 0 fully saturated rings. The maximum Gasteiger partial charge on any atom is 0.292 e.